The molecule has 0 atom stereocenters. The number of halogens is 3. The lowest BCUT2D eigenvalue weighted by atomic mass is 10.1. The molecule has 3 aromatic rings. The molecule has 0 bridgehead atoms. The lowest BCUT2D eigenvalue weighted by Crippen LogP contribution is -2.08. The number of hydrogen-bond acceptors (Lipinski definition) is 5. The summed E-state index contributed by atoms with van der Waals surface area (Å²) in [5.74, 6) is 0.268. The van der Waals surface area contributed by atoms with E-state index in [0.717, 1.165) is 6.07 Å². The Morgan fingerprint density at radius 2 is 1.81 bits per heavy atom. The molecule has 6 nitrogen and oxygen atoms in total. The van der Waals surface area contributed by atoms with E-state index < -0.39 is 16.7 Å². The fourth-order valence-electron chi connectivity index (χ4n) is 2.44. The van der Waals surface area contributed by atoms with Crippen LogP contribution in [-0.2, 0) is 6.18 Å². The van der Waals surface area contributed by atoms with Gasteiger partial charge in [0.2, 0.25) is 0 Å². The topological polar surface area (TPSA) is 77.3 Å². The molecule has 0 saturated heterocycles. The van der Waals surface area contributed by atoms with Crippen LogP contribution in [0, 0.1) is 10.1 Å². The summed E-state index contributed by atoms with van der Waals surface area (Å²) < 4.78 is 45.3. The number of pyridine rings is 1. The highest BCUT2D eigenvalue weighted by atomic mass is 19.4. The molecule has 134 valence electrons. The van der Waals surface area contributed by atoms with E-state index in [1.54, 1.807) is 0 Å². The average molecular weight is 363 g/mol. The third-order valence-electron chi connectivity index (χ3n) is 3.67. The first-order valence-corrected chi connectivity index (χ1v) is 7.35. The summed E-state index contributed by atoms with van der Waals surface area (Å²) in [6.07, 6.45) is -4.58. The van der Waals surface area contributed by atoms with E-state index in [-0.39, 0.29) is 22.4 Å². The molecule has 3 rings (SSSR count). The van der Waals surface area contributed by atoms with Gasteiger partial charge in [-0.2, -0.15) is 13.2 Å². The summed E-state index contributed by atoms with van der Waals surface area (Å²) in [6.45, 7) is 0. The summed E-state index contributed by atoms with van der Waals surface area (Å²) in [5.41, 5.74) is -0.454. The number of rotatable bonds is 4. The summed E-state index contributed by atoms with van der Waals surface area (Å²) in [7, 11) is 1.37. The second-order valence-corrected chi connectivity index (χ2v) is 5.36. The lowest BCUT2D eigenvalue weighted by molar-refractivity contribution is -0.384. The van der Waals surface area contributed by atoms with Crippen LogP contribution < -0.4 is 10.1 Å². The highest BCUT2D eigenvalue weighted by Crippen LogP contribution is 2.37. The Balaban J connectivity index is 2.05. The molecule has 0 aliphatic heterocycles. The number of nitrogens with zero attached hydrogens (tertiary/aromatic N) is 2. The minimum Gasteiger partial charge on any atom is -0.497 e. The van der Waals surface area contributed by atoms with Gasteiger partial charge >= 0.3 is 6.18 Å². The van der Waals surface area contributed by atoms with Gasteiger partial charge in [0.05, 0.1) is 23.1 Å². The predicted molar refractivity (Wildman–Crippen MR) is 89.7 cm³/mol. The Morgan fingerprint density at radius 1 is 1.12 bits per heavy atom. The van der Waals surface area contributed by atoms with Crippen molar-refractivity contribution < 1.29 is 22.8 Å². The number of ether oxygens (including phenoxy) is 1. The molecule has 2 aromatic carbocycles. The molecule has 26 heavy (non-hydrogen) atoms. The minimum atomic E-state index is -4.58. The van der Waals surface area contributed by atoms with E-state index >= 15 is 0 Å². The monoisotopic (exact) mass is 363 g/mol. The SMILES string of the molecule is COc1ccc2nc(Nc3ccc([N+](=O)[O-])cc3)cc(C(F)(F)F)c2c1. The third kappa shape index (κ3) is 3.51. The number of non-ortho nitro benzene ring substituents is 1. The van der Waals surface area contributed by atoms with Crippen molar-refractivity contribution >= 4 is 28.1 Å². The highest BCUT2D eigenvalue weighted by molar-refractivity contribution is 5.86. The number of anilines is 2. The highest BCUT2D eigenvalue weighted by Gasteiger charge is 2.33. The van der Waals surface area contributed by atoms with Gasteiger partial charge in [-0.25, -0.2) is 4.98 Å². The summed E-state index contributed by atoms with van der Waals surface area (Å²) in [4.78, 5) is 14.3. The molecule has 0 aliphatic rings. The van der Waals surface area contributed by atoms with E-state index in [0.29, 0.717) is 11.4 Å². The first-order valence-electron chi connectivity index (χ1n) is 7.35. The van der Waals surface area contributed by atoms with Crippen LogP contribution in [0.1, 0.15) is 5.56 Å². The summed E-state index contributed by atoms with van der Waals surface area (Å²) in [5, 5.41) is 13.3. The van der Waals surface area contributed by atoms with Crippen LogP contribution >= 0.6 is 0 Å². The zero-order valence-electron chi connectivity index (χ0n) is 13.4. The van der Waals surface area contributed by atoms with Crippen molar-refractivity contribution in [2.45, 2.75) is 6.18 Å². The molecular weight excluding hydrogens is 351 g/mol. The van der Waals surface area contributed by atoms with Crippen molar-refractivity contribution in [1.29, 1.82) is 0 Å². The first-order chi connectivity index (χ1) is 12.3. The van der Waals surface area contributed by atoms with Crippen molar-refractivity contribution in [3.8, 4) is 5.75 Å². The number of hydrogen-bond donors (Lipinski definition) is 1. The second kappa shape index (κ2) is 6.51. The number of methoxy groups -OCH3 is 1. The first kappa shape index (κ1) is 17.5. The molecule has 0 amide bonds. The van der Waals surface area contributed by atoms with Crippen LogP contribution in [0.3, 0.4) is 0 Å². The number of benzene rings is 2. The molecule has 0 spiro atoms. The van der Waals surface area contributed by atoms with Crippen LogP contribution in [-0.4, -0.2) is 17.0 Å². The lowest BCUT2D eigenvalue weighted by Gasteiger charge is -2.14. The quantitative estimate of drug-likeness (QED) is 0.526. The average Bonchev–Trinajstić information content (AvgIpc) is 2.60. The Morgan fingerprint density at radius 3 is 2.38 bits per heavy atom. The molecule has 9 heteroatoms. The third-order valence-corrected chi connectivity index (χ3v) is 3.67. The number of nitrogens with one attached hydrogen (secondary N) is 1. The van der Waals surface area contributed by atoms with Gasteiger partial charge in [-0.3, -0.25) is 10.1 Å². The van der Waals surface area contributed by atoms with Crippen LogP contribution in [0.15, 0.2) is 48.5 Å². The minimum absolute atomic E-state index is 0.0242. The smallest absolute Gasteiger partial charge is 0.417 e. The van der Waals surface area contributed by atoms with Gasteiger partial charge in [0.25, 0.3) is 5.69 Å². The normalized spacial score (nSPS) is 11.4. The second-order valence-electron chi connectivity index (χ2n) is 5.36. The predicted octanol–water partition coefficient (Wildman–Crippen LogP) is 4.91. The van der Waals surface area contributed by atoms with E-state index in [4.69, 9.17) is 4.74 Å². The standard InChI is InChI=1S/C17H12F3N3O3/c1-26-12-6-7-15-13(8-12)14(17(18,19)20)9-16(22-15)21-10-2-4-11(5-3-10)23(24)25/h2-9H,1H3,(H,21,22). The molecule has 1 aromatic heterocycles. The van der Waals surface area contributed by atoms with Gasteiger partial charge < -0.3 is 10.1 Å². The van der Waals surface area contributed by atoms with Crippen LogP contribution in [0.4, 0.5) is 30.4 Å². The van der Waals surface area contributed by atoms with E-state index in [1.165, 1.54) is 49.6 Å². The molecule has 0 aliphatic carbocycles. The maximum Gasteiger partial charge on any atom is 0.417 e. The molecule has 0 radical (unpaired) electrons. The van der Waals surface area contributed by atoms with Gasteiger partial charge in [0.15, 0.2) is 0 Å². The van der Waals surface area contributed by atoms with Crippen molar-refractivity contribution in [2.75, 3.05) is 12.4 Å². The number of nitro groups is 1. The molecule has 0 saturated carbocycles. The van der Waals surface area contributed by atoms with E-state index in [1.807, 2.05) is 0 Å². The largest absolute Gasteiger partial charge is 0.497 e. The Kier molecular flexibility index (Phi) is 4.37. The van der Waals surface area contributed by atoms with E-state index in [2.05, 4.69) is 10.3 Å². The van der Waals surface area contributed by atoms with Crippen LogP contribution in [0.2, 0.25) is 0 Å². The zero-order valence-corrected chi connectivity index (χ0v) is 13.4. The fourth-order valence-corrected chi connectivity index (χ4v) is 2.44. The number of aromatic nitrogens is 1. The fraction of sp³-hybridized carbons (Fsp3) is 0.118. The molecular formula is C17H12F3N3O3. The van der Waals surface area contributed by atoms with E-state index in [9.17, 15) is 23.3 Å². The summed E-state index contributed by atoms with van der Waals surface area (Å²) in [6, 6.07) is 10.4. The van der Waals surface area contributed by atoms with Crippen molar-refractivity contribution in [1.82, 2.24) is 4.98 Å². The number of nitro benzene ring substituents is 1. The molecule has 1 N–H and O–H groups in total. The Hall–Kier alpha value is -3.36. The maximum atomic E-state index is 13.4. The van der Waals surface area contributed by atoms with Gasteiger partial charge in [0, 0.05) is 23.2 Å². The molecule has 1 heterocycles. The van der Waals surface area contributed by atoms with Crippen molar-refractivity contribution in [3.05, 3.63) is 64.2 Å². The Labute approximate surface area is 145 Å². The molecule has 0 fully saturated rings. The van der Waals surface area contributed by atoms with Crippen molar-refractivity contribution in [3.63, 3.8) is 0 Å². The summed E-state index contributed by atoms with van der Waals surface area (Å²) >= 11 is 0. The number of alkyl halides is 3. The van der Waals surface area contributed by atoms with Gasteiger partial charge in [-0.1, -0.05) is 0 Å². The Bertz CT molecular complexity index is 973. The maximum absolute atomic E-state index is 13.4. The van der Waals surface area contributed by atoms with Gasteiger partial charge in [-0.05, 0) is 36.4 Å². The van der Waals surface area contributed by atoms with Crippen LogP contribution in [0.5, 0.6) is 5.75 Å². The van der Waals surface area contributed by atoms with Crippen molar-refractivity contribution in [2.24, 2.45) is 0 Å². The molecule has 0 unspecified atom stereocenters. The number of fused-ring (bicyclic) bond motifs is 1. The van der Waals surface area contributed by atoms with Crippen LogP contribution in [0.25, 0.3) is 10.9 Å². The van der Waals surface area contributed by atoms with Gasteiger partial charge in [0.1, 0.15) is 11.6 Å². The zero-order chi connectivity index (χ0) is 18.9. The van der Waals surface area contributed by atoms with Gasteiger partial charge in [-0.15, -0.1) is 0 Å².